The van der Waals surface area contributed by atoms with Crippen LogP contribution in [-0.2, 0) is 0 Å². The largest absolute Gasteiger partial charge is 0.507 e. The smallest absolute Gasteiger partial charge is 0.339 e. The van der Waals surface area contributed by atoms with E-state index in [-0.39, 0.29) is 17.3 Å². The highest BCUT2D eigenvalue weighted by Gasteiger charge is 2.13. The van der Waals surface area contributed by atoms with Crippen LogP contribution in [0.1, 0.15) is 30.6 Å². The predicted octanol–water partition coefficient (Wildman–Crippen LogP) is 2.35. The van der Waals surface area contributed by atoms with Crippen molar-refractivity contribution in [3.05, 3.63) is 23.8 Å². The van der Waals surface area contributed by atoms with Crippen LogP contribution in [0.4, 0.5) is 10.5 Å². The average Bonchev–Trinajstić information content (AvgIpc) is 2.35. The van der Waals surface area contributed by atoms with E-state index in [0.717, 1.165) is 6.42 Å². The lowest BCUT2D eigenvalue weighted by Crippen LogP contribution is -2.35. The number of amides is 2. The second-order valence-corrected chi connectivity index (χ2v) is 4.05. The van der Waals surface area contributed by atoms with Crippen molar-refractivity contribution in [1.29, 1.82) is 0 Å². The van der Waals surface area contributed by atoms with Gasteiger partial charge in [0.25, 0.3) is 0 Å². The molecule has 3 N–H and O–H groups in total. The number of benzene rings is 1. The number of anilines is 1. The number of carboxylic acids is 1. The second-order valence-electron chi connectivity index (χ2n) is 4.05. The number of carbonyl (C=O) groups excluding carboxylic acids is 1. The van der Waals surface area contributed by atoms with Gasteiger partial charge in [0.1, 0.15) is 11.3 Å². The highest BCUT2D eigenvalue weighted by molar-refractivity contribution is 5.93. The van der Waals surface area contributed by atoms with Gasteiger partial charge >= 0.3 is 12.0 Å². The predicted molar refractivity (Wildman–Crippen MR) is 71.6 cm³/mol. The summed E-state index contributed by atoms with van der Waals surface area (Å²) in [5.41, 5.74) is 0.168. The monoisotopic (exact) mass is 266 g/mol. The van der Waals surface area contributed by atoms with Crippen LogP contribution in [0.3, 0.4) is 0 Å². The number of aromatic hydroxyl groups is 1. The van der Waals surface area contributed by atoms with Crippen LogP contribution < -0.4 is 5.32 Å². The van der Waals surface area contributed by atoms with Crippen molar-refractivity contribution in [2.24, 2.45) is 0 Å². The molecule has 0 atom stereocenters. The lowest BCUT2D eigenvalue weighted by Gasteiger charge is -2.20. The Morgan fingerprint density at radius 3 is 2.47 bits per heavy atom. The van der Waals surface area contributed by atoms with Crippen molar-refractivity contribution < 1.29 is 19.8 Å². The molecule has 0 aliphatic heterocycles. The molecule has 0 saturated carbocycles. The van der Waals surface area contributed by atoms with Gasteiger partial charge in [-0.05, 0) is 25.5 Å². The molecule has 0 unspecified atom stereocenters. The van der Waals surface area contributed by atoms with Gasteiger partial charge in [-0.2, -0.15) is 0 Å². The Morgan fingerprint density at radius 1 is 1.32 bits per heavy atom. The molecular weight excluding hydrogens is 248 g/mol. The summed E-state index contributed by atoms with van der Waals surface area (Å²) in [6.07, 6.45) is 0.852. The average molecular weight is 266 g/mol. The third-order valence-electron chi connectivity index (χ3n) is 2.64. The van der Waals surface area contributed by atoms with E-state index in [4.69, 9.17) is 5.11 Å². The van der Waals surface area contributed by atoms with Gasteiger partial charge in [0.2, 0.25) is 0 Å². The molecule has 6 nitrogen and oxygen atoms in total. The van der Waals surface area contributed by atoms with E-state index >= 15 is 0 Å². The van der Waals surface area contributed by atoms with Gasteiger partial charge in [-0.15, -0.1) is 0 Å². The zero-order chi connectivity index (χ0) is 14.4. The number of hydrogen-bond acceptors (Lipinski definition) is 3. The van der Waals surface area contributed by atoms with Crippen molar-refractivity contribution in [3.63, 3.8) is 0 Å². The Kier molecular flexibility index (Phi) is 5.17. The van der Waals surface area contributed by atoms with Crippen LogP contribution in [0, 0.1) is 0 Å². The fourth-order valence-corrected chi connectivity index (χ4v) is 1.67. The molecule has 0 aromatic heterocycles. The van der Waals surface area contributed by atoms with Crippen molar-refractivity contribution in [1.82, 2.24) is 4.90 Å². The maximum absolute atomic E-state index is 11.9. The summed E-state index contributed by atoms with van der Waals surface area (Å²) in [4.78, 5) is 24.2. The maximum Gasteiger partial charge on any atom is 0.339 e. The molecule has 1 rings (SSSR count). The van der Waals surface area contributed by atoms with Crippen molar-refractivity contribution in [3.8, 4) is 5.75 Å². The molecule has 0 radical (unpaired) electrons. The maximum atomic E-state index is 11.9. The van der Waals surface area contributed by atoms with Gasteiger partial charge in [0, 0.05) is 24.8 Å². The Hall–Kier alpha value is -2.24. The topological polar surface area (TPSA) is 89.9 Å². The lowest BCUT2D eigenvalue weighted by molar-refractivity contribution is 0.0694. The molecule has 2 amide bonds. The van der Waals surface area contributed by atoms with Gasteiger partial charge < -0.3 is 20.4 Å². The fraction of sp³-hybridized carbons (Fsp3) is 0.385. The number of hydrogen-bond donors (Lipinski definition) is 3. The number of rotatable bonds is 5. The Bertz CT molecular complexity index is 474. The Labute approximate surface area is 111 Å². The first-order chi connectivity index (χ1) is 8.99. The summed E-state index contributed by atoms with van der Waals surface area (Å²) >= 11 is 0. The Balaban J connectivity index is 2.80. The summed E-state index contributed by atoms with van der Waals surface area (Å²) < 4.78 is 0. The minimum absolute atomic E-state index is 0.195. The third kappa shape index (κ3) is 3.87. The molecule has 1 aromatic carbocycles. The van der Waals surface area contributed by atoms with E-state index in [0.29, 0.717) is 18.8 Å². The lowest BCUT2D eigenvalue weighted by atomic mass is 10.2. The number of carboxylic acid groups (broad SMARTS) is 1. The minimum Gasteiger partial charge on any atom is -0.507 e. The summed E-state index contributed by atoms with van der Waals surface area (Å²) in [6.45, 7) is 5.07. The molecule has 19 heavy (non-hydrogen) atoms. The highest BCUT2D eigenvalue weighted by Crippen LogP contribution is 2.22. The Morgan fingerprint density at radius 2 is 2.00 bits per heavy atom. The van der Waals surface area contributed by atoms with Crippen LogP contribution in [0.25, 0.3) is 0 Å². The third-order valence-corrected chi connectivity index (χ3v) is 2.64. The quantitative estimate of drug-likeness (QED) is 0.763. The first-order valence-electron chi connectivity index (χ1n) is 6.11. The van der Waals surface area contributed by atoms with E-state index < -0.39 is 5.97 Å². The fourth-order valence-electron chi connectivity index (χ4n) is 1.67. The zero-order valence-electron chi connectivity index (χ0n) is 11.0. The van der Waals surface area contributed by atoms with E-state index in [9.17, 15) is 14.7 Å². The molecule has 0 saturated heterocycles. The van der Waals surface area contributed by atoms with Crippen molar-refractivity contribution in [2.75, 3.05) is 18.4 Å². The number of phenols is 1. The van der Waals surface area contributed by atoms with Gasteiger partial charge in [-0.3, -0.25) is 0 Å². The van der Waals surface area contributed by atoms with Crippen LogP contribution in [0.15, 0.2) is 18.2 Å². The minimum atomic E-state index is -1.21. The van der Waals surface area contributed by atoms with Gasteiger partial charge in [0.15, 0.2) is 0 Å². The van der Waals surface area contributed by atoms with Gasteiger partial charge in [-0.1, -0.05) is 6.92 Å². The second kappa shape index (κ2) is 6.63. The summed E-state index contributed by atoms with van der Waals surface area (Å²) in [6, 6.07) is 3.65. The van der Waals surface area contributed by atoms with E-state index in [1.54, 1.807) is 4.90 Å². The number of nitrogens with zero attached hydrogens (tertiary/aromatic N) is 1. The normalized spacial score (nSPS) is 10.0. The van der Waals surface area contributed by atoms with Crippen molar-refractivity contribution in [2.45, 2.75) is 20.3 Å². The molecule has 104 valence electrons. The zero-order valence-corrected chi connectivity index (χ0v) is 11.0. The molecular formula is C13H18N2O4. The summed E-state index contributed by atoms with van der Waals surface area (Å²) in [5, 5.41) is 20.9. The molecule has 0 fully saturated rings. The van der Waals surface area contributed by atoms with Crippen LogP contribution in [-0.4, -0.2) is 40.2 Å². The number of carbonyl (C=O) groups is 2. The van der Waals surface area contributed by atoms with E-state index in [1.165, 1.54) is 18.2 Å². The number of aromatic carboxylic acids is 1. The van der Waals surface area contributed by atoms with Gasteiger partial charge in [0.05, 0.1) is 0 Å². The standard InChI is InChI=1S/C13H18N2O4/c1-3-7-15(4-2)13(19)14-9-5-6-10(12(17)18)11(16)8-9/h5-6,8,16H,3-4,7H2,1-2H3,(H,14,19)(H,17,18). The van der Waals surface area contributed by atoms with Gasteiger partial charge in [-0.25, -0.2) is 9.59 Å². The molecule has 0 aliphatic rings. The first kappa shape index (κ1) is 14.8. The van der Waals surface area contributed by atoms with E-state index in [1.807, 2.05) is 13.8 Å². The SMILES string of the molecule is CCCN(CC)C(=O)Nc1ccc(C(=O)O)c(O)c1. The molecule has 6 heteroatoms. The molecule has 1 aromatic rings. The van der Waals surface area contributed by atoms with Crippen molar-refractivity contribution >= 4 is 17.7 Å². The first-order valence-corrected chi connectivity index (χ1v) is 6.11. The molecule has 0 aliphatic carbocycles. The van der Waals surface area contributed by atoms with Crippen LogP contribution in [0.2, 0.25) is 0 Å². The van der Waals surface area contributed by atoms with Crippen LogP contribution in [0.5, 0.6) is 5.75 Å². The highest BCUT2D eigenvalue weighted by atomic mass is 16.4. The summed E-state index contributed by atoms with van der Waals surface area (Å²) in [7, 11) is 0. The number of urea groups is 1. The van der Waals surface area contributed by atoms with E-state index in [2.05, 4.69) is 5.32 Å². The van der Waals surface area contributed by atoms with Crippen LogP contribution >= 0.6 is 0 Å². The molecule has 0 bridgehead atoms. The number of nitrogens with one attached hydrogen (secondary N) is 1. The summed E-state index contributed by atoms with van der Waals surface area (Å²) in [5.74, 6) is -1.58. The molecule has 0 spiro atoms. The molecule has 0 heterocycles.